The van der Waals surface area contributed by atoms with Crippen LogP contribution in [0.1, 0.15) is 89.5 Å². The lowest BCUT2D eigenvalue weighted by Gasteiger charge is -2.19. The van der Waals surface area contributed by atoms with Crippen LogP contribution in [-0.4, -0.2) is 29.3 Å². The Morgan fingerprint density at radius 3 is 2.35 bits per heavy atom. The number of aryl methyl sites for hydroxylation is 1. The van der Waals surface area contributed by atoms with Crippen molar-refractivity contribution in [1.82, 2.24) is 10.3 Å². The van der Waals surface area contributed by atoms with E-state index in [2.05, 4.69) is 24.1 Å². The van der Waals surface area contributed by atoms with E-state index in [1.54, 1.807) is 26.2 Å². The molecule has 0 radical (unpaired) electrons. The number of carbonyl (C=O) groups is 2. The van der Waals surface area contributed by atoms with E-state index < -0.39 is 17.6 Å². The molecule has 2 aromatic heterocycles. The molecule has 0 aliphatic carbocycles. The van der Waals surface area contributed by atoms with Crippen molar-refractivity contribution in [3.8, 4) is 28.0 Å². The molecule has 0 atom stereocenters. The number of alkyl carbamates (subject to hydrolysis) is 1. The summed E-state index contributed by atoms with van der Waals surface area (Å²) < 4.78 is 36.6. The average Bonchev–Trinajstić information content (AvgIpc) is 3.59. The predicted octanol–water partition coefficient (Wildman–Crippen LogP) is 10.9. The number of amides is 1. The Labute approximate surface area is 306 Å². The van der Waals surface area contributed by atoms with Gasteiger partial charge in [-0.3, -0.25) is 4.79 Å². The smallest absolute Gasteiger partial charge is 0.407 e. The van der Waals surface area contributed by atoms with Crippen LogP contribution in [-0.2, 0) is 33.8 Å². The topological polar surface area (TPSA) is 99.9 Å². The molecule has 5 aromatic rings. The lowest BCUT2D eigenvalue weighted by atomic mass is 9.99. The highest BCUT2D eigenvalue weighted by Gasteiger charge is 2.17. The first-order chi connectivity index (χ1) is 24.9. The van der Waals surface area contributed by atoms with E-state index in [1.807, 2.05) is 81.4 Å². The Morgan fingerprint density at radius 1 is 0.885 bits per heavy atom. The molecule has 8 nitrogen and oxygen atoms in total. The summed E-state index contributed by atoms with van der Waals surface area (Å²) in [5.74, 6) is -0.367. The number of furan rings is 1. The van der Waals surface area contributed by atoms with Gasteiger partial charge < -0.3 is 23.9 Å². The van der Waals surface area contributed by atoms with Gasteiger partial charge in [0.25, 0.3) is 0 Å². The molecule has 9 heteroatoms. The molecule has 0 aliphatic rings. The van der Waals surface area contributed by atoms with Gasteiger partial charge in [-0.1, -0.05) is 69.9 Å². The Bertz CT molecular complexity index is 1940. The van der Waals surface area contributed by atoms with E-state index in [0.29, 0.717) is 23.4 Å². The number of ether oxygens (including phenoxy) is 3. The minimum Gasteiger partial charge on any atom is -0.489 e. The maximum Gasteiger partial charge on any atom is 0.407 e. The number of fused-ring (bicyclic) bond motifs is 1. The normalized spacial score (nSPS) is 11.1. The summed E-state index contributed by atoms with van der Waals surface area (Å²) >= 11 is 0. The molecule has 276 valence electrons. The average molecular weight is 711 g/mol. The third kappa shape index (κ3) is 11.7. The Hall–Kier alpha value is -5.18. The minimum absolute atomic E-state index is 0.0420. The summed E-state index contributed by atoms with van der Waals surface area (Å²) in [6.45, 7) is 14.1. The molecule has 5 rings (SSSR count). The van der Waals surface area contributed by atoms with Crippen molar-refractivity contribution >= 4 is 23.0 Å². The summed E-state index contributed by atoms with van der Waals surface area (Å²) in [6, 6.07) is 21.0. The first-order valence-corrected chi connectivity index (χ1v) is 18.0. The molecule has 0 saturated carbocycles. The Morgan fingerprint density at radius 2 is 1.65 bits per heavy atom. The number of rotatable bonds is 13. The molecule has 0 unspecified atom stereocenters. The van der Waals surface area contributed by atoms with Gasteiger partial charge in [-0.05, 0) is 93.3 Å². The first-order valence-electron chi connectivity index (χ1n) is 18.0. The summed E-state index contributed by atoms with van der Waals surface area (Å²) in [6.07, 6.45) is 8.21. The second-order valence-corrected chi connectivity index (χ2v) is 13.7. The molecule has 2 heterocycles. The summed E-state index contributed by atoms with van der Waals surface area (Å²) in [7, 11) is 0. The fourth-order valence-electron chi connectivity index (χ4n) is 5.54. The van der Waals surface area contributed by atoms with E-state index in [-0.39, 0.29) is 25.6 Å². The molecular formula is C43H51FN2O6. The van der Waals surface area contributed by atoms with E-state index in [9.17, 15) is 14.0 Å². The summed E-state index contributed by atoms with van der Waals surface area (Å²) in [4.78, 5) is 28.5. The molecule has 3 aromatic carbocycles. The van der Waals surface area contributed by atoms with Gasteiger partial charge in [0.05, 0.1) is 19.3 Å². The highest BCUT2D eigenvalue weighted by atomic mass is 19.1. The monoisotopic (exact) mass is 710 g/mol. The van der Waals surface area contributed by atoms with Crippen molar-refractivity contribution in [2.75, 3.05) is 6.61 Å². The number of benzene rings is 3. The zero-order valence-electron chi connectivity index (χ0n) is 31.4. The van der Waals surface area contributed by atoms with Gasteiger partial charge in [0.1, 0.15) is 23.5 Å². The second kappa shape index (κ2) is 18.9. The molecule has 0 spiro atoms. The van der Waals surface area contributed by atoms with Crippen LogP contribution in [0.2, 0.25) is 0 Å². The molecule has 0 aliphatic heterocycles. The Kier molecular flexibility index (Phi) is 14.4. The summed E-state index contributed by atoms with van der Waals surface area (Å²) in [5.41, 5.74) is 6.31. The zero-order chi connectivity index (χ0) is 37.7. The molecule has 52 heavy (non-hydrogen) atoms. The zero-order valence-corrected chi connectivity index (χ0v) is 31.4. The molecule has 1 amide bonds. The SMILES string of the molecule is CCCCCC.CCOC(=O)Cc1ccc(-c2cnc(F)c(C)c2)cc1OCc1cc(-c2cccc(CNC(=O)OC(C)(C)C)c2)c2occc2c1. The van der Waals surface area contributed by atoms with Crippen LogP contribution in [0.4, 0.5) is 9.18 Å². The number of aromatic nitrogens is 1. The van der Waals surface area contributed by atoms with Crippen molar-refractivity contribution in [3.63, 3.8) is 0 Å². The van der Waals surface area contributed by atoms with E-state index in [4.69, 9.17) is 18.6 Å². The molecular weight excluding hydrogens is 659 g/mol. The maximum absolute atomic E-state index is 13.9. The third-order valence-electron chi connectivity index (χ3n) is 8.09. The number of esters is 1. The Balaban J connectivity index is 0.000000929. The number of hydrogen-bond acceptors (Lipinski definition) is 7. The van der Waals surface area contributed by atoms with E-state index >= 15 is 0 Å². The van der Waals surface area contributed by atoms with Crippen molar-refractivity contribution in [1.29, 1.82) is 0 Å². The fourth-order valence-corrected chi connectivity index (χ4v) is 5.54. The number of unbranched alkanes of at least 4 members (excludes halogenated alkanes) is 3. The van der Waals surface area contributed by atoms with Crippen LogP contribution in [0.3, 0.4) is 0 Å². The van der Waals surface area contributed by atoms with Crippen molar-refractivity contribution < 1.29 is 32.6 Å². The van der Waals surface area contributed by atoms with Gasteiger partial charge in [0.15, 0.2) is 0 Å². The van der Waals surface area contributed by atoms with Gasteiger partial charge >= 0.3 is 12.1 Å². The largest absolute Gasteiger partial charge is 0.489 e. The summed E-state index contributed by atoms with van der Waals surface area (Å²) in [5, 5.41) is 3.71. The quantitative estimate of drug-likeness (QED) is 0.0737. The van der Waals surface area contributed by atoms with Gasteiger partial charge in [-0.25, -0.2) is 9.78 Å². The standard InChI is InChI=1S/C37H37FN2O6.C6H14/c1-6-43-33(41)19-28-11-10-26(30-14-23(2)35(38)39-21-30)18-32(28)45-22-25-16-29-12-13-44-34(29)31(17-25)27-9-7-8-24(15-27)20-40-36(42)46-37(3,4)5;1-3-5-6-4-2/h7-18,21H,6,19-20,22H2,1-5H3,(H,40,42);3-6H2,1-2H3. The van der Waals surface area contributed by atoms with Crippen LogP contribution >= 0.6 is 0 Å². The highest BCUT2D eigenvalue weighted by Crippen LogP contribution is 2.33. The lowest BCUT2D eigenvalue weighted by molar-refractivity contribution is -0.142. The van der Waals surface area contributed by atoms with Gasteiger partial charge in [0, 0.05) is 40.4 Å². The molecule has 1 N–H and O–H groups in total. The van der Waals surface area contributed by atoms with Crippen LogP contribution in [0.5, 0.6) is 5.75 Å². The van der Waals surface area contributed by atoms with Gasteiger partial charge in [-0.15, -0.1) is 0 Å². The predicted molar refractivity (Wildman–Crippen MR) is 204 cm³/mol. The lowest BCUT2D eigenvalue weighted by Crippen LogP contribution is -2.32. The van der Waals surface area contributed by atoms with Crippen LogP contribution in [0.15, 0.2) is 83.6 Å². The van der Waals surface area contributed by atoms with Crippen molar-refractivity contribution in [3.05, 3.63) is 107 Å². The second-order valence-electron chi connectivity index (χ2n) is 13.7. The number of halogens is 1. The number of pyridine rings is 1. The minimum atomic E-state index is -0.586. The molecule has 0 saturated heterocycles. The van der Waals surface area contributed by atoms with Crippen LogP contribution < -0.4 is 10.1 Å². The maximum atomic E-state index is 13.9. The number of nitrogens with one attached hydrogen (secondary N) is 1. The number of carbonyl (C=O) groups excluding carboxylic acids is 2. The van der Waals surface area contributed by atoms with Crippen molar-refractivity contribution in [2.45, 2.75) is 99.3 Å². The van der Waals surface area contributed by atoms with Gasteiger partial charge in [-0.2, -0.15) is 4.39 Å². The van der Waals surface area contributed by atoms with Gasteiger partial charge in [0.2, 0.25) is 5.95 Å². The molecule has 0 fully saturated rings. The number of hydrogen-bond donors (Lipinski definition) is 1. The van der Waals surface area contributed by atoms with E-state index in [0.717, 1.165) is 44.3 Å². The van der Waals surface area contributed by atoms with Crippen LogP contribution in [0, 0.1) is 12.9 Å². The highest BCUT2D eigenvalue weighted by molar-refractivity contribution is 5.93. The molecule has 0 bridgehead atoms. The van der Waals surface area contributed by atoms with Crippen LogP contribution in [0.25, 0.3) is 33.2 Å². The first kappa shape index (κ1) is 39.6. The third-order valence-corrected chi connectivity index (χ3v) is 8.09. The fraction of sp³-hybridized carbons (Fsp3) is 0.372. The number of nitrogens with zero attached hydrogens (tertiary/aromatic N) is 1. The van der Waals surface area contributed by atoms with Crippen molar-refractivity contribution in [2.24, 2.45) is 0 Å². The van der Waals surface area contributed by atoms with E-state index in [1.165, 1.54) is 31.9 Å².